The predicted molar refractivity (Wildman–Crippen MR) is 118 cm³/mol. The molecule has 2 aromatic rings. The Kier molecular flexibility index (Phi) is 6.02. The number of benzene rings is 2. The fourth-order valence-corrected chi connectivity index (χ4v) is 4.38. The molecule has 0 saturated carbocycles. The quantitative estimate of drug-likeness (QED) is 0.707. The first kappa shape index (κ1) is 20.1. The van der Waals surface area contributed by atoms with Gasteiger partial charge in [-0.3, -0.25) is 9.69 Å². The van der Waals surface area contributed by atoms with Crippen LogP contribution in [0.25, 0.3) is 0 Å². The van der Waals surface area contributed by atoms with Crippen molar-refractivity contribution in [3.63, 3.8) is 0 Å². The van der Waals surface area contributed by atoms with Crippen LogP contribution < -0.4 is 0 Å². The second-order valence-electron chi connectivity index (χ2n) is 8.35. The Morgan fingerprint density at radius 1 is 1.10 bits per heavy atom. The first-order valence-corrected chi connectivity index (χ1v) is 10.8. The lowest BCUT2D eigenvalue weighted by molar-refractivity contribution is -0.134. The number of carbonyl (C=O) groups excluding carboxylic acids is 1. The zero-order valence-electron chi connectivity index (χ0n) is 17.1. The topological polar surface area (TPSA) is 35.9 Å². The molecule has 2 heterocycles. The number of rotatable bonds is 4. The summed E-state index contributed by atoms with van der Waals surface area (Å²) < 4.78 is 0. The Balaban J connectivity index is 1.59. The van der Waals surface area contributed by atoms with Crippen molar-refractivity contribution in [2.24, 2.45) is 11.0 Å². The molecule has 5 heteroatoms. The second-order valence-corrected chi connectivity index (χ2v) is 8.76. The highest BCUT2D eigenvalue weighted by Crippen LogP contribution is 2.34. The van der Waals surface area contributed by atoms with Crippen LogP contribution in [-0.2, 0) is 4.79 Å². The average Bonchev–Trinajstić information content (AvgIpc) is 3.16. The normalized spacial score (nSPS) is 20.7. The van der Waals surface area contributed by atoms with E-state index in [1.54, 1.807) is 5.01 Å². The molecule has 1 saturated heterocycles. The number of nitrogens with zero attached hydrogens (tertiary/aromatic N) is 3. The number of amides is 1. The maximum atomic E-state index is 13.3. The summed E-state index contributed by atoms with van der Waals surface area (Å²) in [6.07, 6.45) is 2.99. The van der Waals surface area contributed by atoms with E-state index in [0.29, 0.717) is 18.0 Å². The van der Waals surface area contributed by atoms with Gasteiger partial charge in [-0.2, -0.15) is 5.10 Å². The van der Waals surface area contributed by atoms with Gasteiger partial charge in [0.15, 0.2) is 0 Å². The van der Waals surface area contributed by atoms with Crippen molar-refractivity contribution < 1.29 is 4.79 Å². The monoisotopic (exact) mass is 409 g/mol. The maximum absolute atomic E-state index is 13.3. The van der Waals surface area contributed by atoms with Gasteiger partial charge in [-0.05, 0) is 50.4 Å². The summed E-state index contributed by atoms with van der Waals surface area (Å²) in [6.45, 7) is 6.75. The molecule has 0 aromatic heterocycles. The Morgan fingerprint density at radius 2 is 1.79 bits per heavy atom. The van der Waals surface area contributed by atoms with Crippen molar-refractivity contribution in [3.8, 4) is 0 Å². The SMILES string of the molecule is Cc1ccc([C@@H]2CC(c3ccccc3Cl)=NN2C(=O)CN2CCC(C)CC2)cc1. The molecule has 1 atom stereocenters. The van der Waals surface area contributed by atoms with Gasteiger partial charge in [0.2, 0.25) is 0 Å². The fraction of sp³-hybridized carbons (Fsp3) is 0.417. The molecule has 29 heavy (non-hydrogen) atoms. The highest BCUT2D eigenvalue weighted by molar-refractivity contribution is 6.34. The number of hydrogen-bond donors (Lipinski definition) is 0. The molecular weight excluding hydrogens is 382 g/mol. The van der Waals surface area contributed by atoms with Crippen LogP contribution in [-0.4, -0.2) is 41.2 Å². The minimum absolute atomic E-state index is 0.0622. The smallest absolute Gasteiger partial charge is 0.257 e. The maximum Gasteiger partial charge on any atom is 0.257 e. The molecule has 4 rings (SSSR count). The lowest BCUT2D eigenvalue weighted by Gasteiger charge is -2.31. The van der Waals surface area contributed by atoms with Gasteiger partial charge in [0.05, 0.1) is 18.3 Å². The molecule has 2 aliphatic rings. The number of halogens is 1. The van der Waals surface area contributed by atoms with E-state index in [1.165, 1.54) is 5.56 Å². The van der Waals surface area contributed by atoms with Crippen LogP contribution in [0.3, 0.4) is 0 Å². The van der Waals surface area contributed by atoms with E-state index in [2.05, 4.69) is 43.0 Å². The average molecular weight is 410 g/mol. The summed E-state index contributed by atoms with van der Waals surface area (Å²) in [4.78, 5) is 15.5. The van der Waals surface area contributed by atoms with Crippen LogP contribution >= 0.6 is 11.6 Å². The van der Waals surface area contributed by atoms with Crippen molar-refractivity contribution in [1.82, 2.24) is 9.91 Å². The lowest BCUT2D eigenvalue weighted by Crippen LogP contribution is -2.41. The molecule has 2 aliphatic heterocycles. The van der Waals surface area contributed by atoms with E-state index in [1.807, 2.05) is 24.3 Å². The molecule has 0 spiro atoms. The molecule has 1 amide bonds. The van der Waals surface area contributed by atoms with Crippen LogP contribution in [0.5, 0.6) is 0 Å². The third-order valence-electron chi connectivity index (χ3n) is 6.05. The fourth-order valence-electron chi connectivity index (χ4n) is 4.13. The van der Waals surface area contributed by atoms with Crippen LogP contribution in [0.4, 0.5) is 0 Å². The summed E-state index contributed by atoms with van der Waals surface area (Å²) >= 11 is 6.42. The van der Waals surface area contributed by atoms with Crippen LogP contribution in [0.1, 0.15) is 48.9 Å². The lowest BCUT2D eigenvalue weighted by atomic mass is 9.97. The van der Waals surface area contributed by atoms with Crippen LogP contribution in [0, 0.1) is 12.8 Å². The van der Waals surface area contributed by atoms with Crippen molar-refractivity contribution in [3.05, 3.63) is 70.2 Å². The highest BCUT2D eigenvalue weighted by atomic mass is 35.5. The number of hydrogen-bond acceptors (Lipinski definition) is 3. The summed E-state index contributed by atoms with van der Waals surface area (Å²) in [5.74, 6) is 0.811. The van der Waals surface area contributed by atoms with Crippen molar-refractivity contribution in [1.29, 1.82) is 0 Å². The molecule has 0 aliphatic carbocycles. The van der Waals surface area contributed by atoms with Gasteiger partial charge in [0.1, 0.15) is 0 Å². The van der Waals surface area contributed by atoms with E-state index < -0.39 is 0 Å². The van der Waals surface area contributed by atoms with Gasteiger partial charge in [-0.15, -0.1) is 0 Å². The first-order chi connectivity index (χ1) is 14.0. The molecule has 4 nitrogen and oxygen atoms in total. The Labute approximate surface area is 178 Å². The van der Waals surface area contributed by atoms with Gasteiger partial charge in [0, 0.05) is 17.0 Å². The number of aryl methyl sites for hydroxylation is 1. The van der Waals surface area contributed by atoms with Crippen molar-refractivity contribution in [2.75, 3.05) is 19.6 Å². The van der Waals surface area contributed by atoms with E-state index in [4.69, 9.17) is 16.7 Å². The van der Waals surface area contributed by atoms with Gasteiger partial charge < -0.3 is 0 Å². The Morgan fingerprint density at radius 3 is 2.48 bits per heavy atom. The first-order valence-electron chi connectivity index (χ1n) is 10.4. The second kappa shape index (κ2) is 8.68. The third-order valence-corrected chi connectivity index (χ3v) is 6.38. The molecule has 0 N–H and O–H groups in total. The summed E-state index contributed by atoms with van der Waals surface area (Å²) in [5, 5.41) is 7.14. The number of piperidine rings is 1. The molecule has 2 aromatic carbocycles. The molecule has 0 radical (unpaired) electrons. The minimum atomic E-state index is -0.0851. The van der Waals surface area contributed by atoms with E-state index in [9.17, 15) is 4.79 Å². The number of carbonyl (C=O) groups is 1. The van der Waals surface area contributed by atoms with E-state index >= 15 is 0 Å². The highest BCUT2D eigenvalue weighted by Gasteiger charge is 2.34. The summed E-state index contributed by atoms with van der Waals surface area (Å²) in [5.41, 5.74) is 4.11. The third kappa shape index (κ3) is 4.54. The number of likely N-dealkylation sites (tertiary alicyclic amines) is 1. The zero-order valence-corrected chi connectivity index (χ0v) is 17.9. The Hall–Kier alpha value is -2.17. The van der Waals surface area contributed by atoms with Gasteiger partial charge in [-0.1, -0.05) is 66.6 Å². The largest absolute Gasteiger partial charge is 0.294 e. The van der Waals surface area contributed by atoms with Gasteiger partial charge in [-0.25, -0.2) is 5.01 Å². The molecular formula is C24H28ClN3O. The minimum Gasteiger partial charge on any atom is -0.294 e. The molecule has 152 valence electrons. The molecule has 0 bridgehead atoms. The van der Waals surface area contributed by atoms with Gasteiger partial charge >= 0.3 is 0 Å². The van der Waals surface area contributed by atoms with Gasteiger partial charge in [0.25, 0.3) is 5.91 Å². The standard InChI is InChI=1S/C24H28ClN3O/c1-17-7-9-19(10-8-17)23-15-22(20-5-3-4-6-21(20)25)26-28(23)24(29)16-27-13-11-18(2)12-14-27/h3-10,18,23H,11-16H2,1-2H3/t23-/m0/s1. The molecule has 0 unspecified atom stereocenters. The molecule has 1 fully saturated rings. The zero-order chi connectivity index (χ0) is 20.4. The van der Waals surface area contributed by atoms with E-state index in [-0.39, 0.29) is 11.9 Å². The number of hydrazone groups is 1. The summed E-state index contributed by atoms with van der Waals surface area (Å²) in [6, 6.07) is 16.0. The van der Waals surface area contributed by atoms with Crippen molar-refractivity contribution >= 4 is 23.2 Å². The Bertz CT molecular complexity index is 901. The predicted octanol–water partition coefficient (Wildman–Crippen LogP) is 5.06. The van der Waals surface area contributed by atoms with Crippen LogP contribution in [0.15, 0.2) is 53.6 Å². The van der Waals surface area contributed by atoms with Crippen molar-refractivity contribution in [2.45, 2.75) is 39.2 Å². The summed E-state index contributed by atoms with van der Waals surface area (Å²) in [7, 11) is 0. The van der Waals surface area contributed by atoms with Crippen LogP contribution in [0.2, 0.25) is 5.02 Å². The van der Waals surface area contributed by atoms with E-state index in [0.717, 1.165) is 48.7 Å².